The number of nitrogens with two attached hydrogens (primary N) is 1. The Morgan fingerprint density at radius 1 is 0.496 bits per heavy atom. The first-order chi connectivity index (χ1) is 62.3. The lowest BCUT2D eigenvalue weighted by molar-refractivity contribution is -0.149. The number of carboxylic acid groups (broad SMARTS) is 3. The number of aliphatic hydroxyl groups is 3. The highest BCUT2D eigenvalue weighted by Gasteiger charge is 2.47. The second-order valence-electron chi connectivity index (χ2n) is 32.6. The van der Waals surface area contributed by atoms with Crippen LogP contribution in [0.4, 0.5) is 0 Å². The molecule has 44 nitrogen and oxygen atoms in total. The summed E-state index contributed by atoms with van der Waals surface area (Å²) in [6, 6.07) is -5.23. The molecule has 16 amide bonds. The molecule has 21 N–H and O–H groups in total. The van der Waals surface area contributed by atoms with Gasteiger partial charge in [-0.2, -0.15) is 0 Å². The van der Waals surface area contributed by atoms with Crippen molar-refractivity contribution in [2.75, 3.05) is 65.5 Å². The number of fused-ring (bicyclic) bond motifs is 4. The molecular weight excluding hydrogens is 1730 g/mol. The van der Waals surface area contributed by atoms with Gasteiger partial charge in [-0.3, -0.25) is 91.1 Å². The Kier molecular flexibility index (Phi) is 38.5. The maximum atomic E-state index is 15.6. The van der Waals surface area contributed by atoms with Gasteiger partial charge in [0, 0.05) is 113 Å². The first-order valence-corrected chi connectivity index (χ1v) is 44.1. The van der Waals surface area contributed by atoms with Crippen LogP contribution in [0.2, 0.25) is 0 Å². The van der Waals surface area contributed by atoms with Crippen LogP contribution in [0.1, 0.15) is 127 Å². The predicted octanol–water partition coefficient (Wildman–Crippen LogP) is -3.88. The van der Waals surface area contributed by atoms with Crippen LogP contribution in [-0.4, -0.2) is 339 Å². The van der Waals surface area contributed by atoms with E-state index in [-0.39, 0.29) is 63.7 Å². The number of phenolic OH excluding ortho intramolecular Hbond substituents is 1. The van der Waals surface area contributed by atoms with Crippen LogP contribution >= 0.6 is 11.8 Å². The Morgan fingerprint density at radius 2 is 0.977 bits per heavy atom. The van der Waals surface area contributed by atoms with Gasteiger partial charge in [0.05, 0.1) is 38.0 Å². The number of nitrogens with one attached hydrogen (secondary N) is 12. The number of aromatic nitrogens is 2. The van der Waals surface area contributed by atoms with Crippen LogP contribution < -0.4 is 58.9 Å². The molecule has 131 heavy (non-hydrogen) atoms. The highest BCUT2D eigenvalue weighted by molar-refractivity contribution is 8.00. The van der Waals surface area contributed by atoms with Crippen molar-refractivity contribution < 1.29 is 127 Å². The van der Waals surface area contributed by atoms with E-state index in [4.69, 9.17) is 5.73 Å². The van der Waals surface area contributed by atoms with Gasteiger partial charge < -0.3 is 129 Å². The van der Waals surface area contributed by atoms with Gasteiger partial charge in [0.2, 0.25) is 94.5 Å². The van der Waals surface area contributed by atoms with Gasteiger partial charge in [-0.15, -0.1) is 11.8 Å². The zero-order valence-corrected chi connectivity index (χ0v) is 74.1. The zero-order valence-electron chi connectivity index (χ0n) is 73.3. The van der Waals surface area contributed by atoms with Crippen molar-refractivity contribution >= 4 is 146 Å². The third kappa shape index (κ3) is 28.6. The van der Waals surface area contributed by atoms with E-state index in [1.54, 1.807) is 68.6 Å². The largest absolute Gasteiger partial charge is 0.508 e. The molecule has 0 spiro atoms. The number of para-hydroxylation sites is 2. The van der Waals surface area contributed by atoms with Gasteiger partial charge in [-0.05, 0) is 86.4 Å². The Bertz CT molecular complexity index is 4990. The molecule has 712 valence electrons. The monoisotopic (exact) mass is 1850 g/mol. The maximum Gasteiger partial charge on any atom is 0.305 e. The molecule has 0 aliphatic carbocycles. The summed E-state index contributed by atoms with van der Waals surface area (Å²) in [6.45, 7) is 0.668. The summed E-state index contributed by atoms with van der Waals surface area (Å²) >= 11 is 0.674. The van der Waals surface area contributed by atoms with Gasteiger partial charge in [-0.1, -0.05) is 88.1 Å². The third-order valence-electron chi connectivity index (χ3n) is 23.1. The average Bonchev–Trinajstić information content (AvgIpc) is 1.80. The number of hydrogen-bond acceptors (Lipinski definition) is 24. The zero-order chi connectivity index (χ0) is 96.2. The minimum atomic E-state index is -2.01. The molecule has 0 bridgehead atoms. The highest BCUT2D eigenvalue weighted by atomic mass is 32.2. The van der Waals surface area contributed by atoms with E-state index in [0.717, 1.165) is 31.5 Å². The van der Waals surface area contributed by atoms with Crippen LogP contribution in [-0.2, 0) is 110 Å². The van der Waals surface area contributed by atoms with Crippen LogP contribution in [0, 0.1) is 0 Å². The summed E-state index contributed by atoms with van der Waals surface area (Å²) < 4.78 is 0. The summed E-state index contributed by atoms with van der Waals surface area (Å²) in [5.74, 6) is -23.3. The molecule has 15 atom stereocenters. The van der Waals surface area contributed by atoms with Crippen molar-refractivity contribution in [3.63, 3.8) is 0 Å². The van der Waals surface area contributed by atoms with E-state index in [2.05, 4.69) is 63.1 Å². The lowest BCUT2D eigenvalue weighted by Gasteiger charge is -2.36. The first kappa shape index (κ1) is 103. The Labute approximate surface area is 756 Å². The quantitative estimate of drug-likeness (QED) is 0.0266. The lowest BCUT2D eigenvalue weighted by Crippen LogP contribution is -2.62. The molecule has 0 unspecified atom stereocenters. The number of thioether (sulfide) groups is 1. The molecule has 2 aromatic heterocycles. The molecule has 3 fully saturated rings. The number of primary amides is 1. The minimum absolute atomic E-state index is 0.0598. The fourth-order valence-electron chi connectivity index (χ4n) is 15.7. The van der Waals surface area contributed by atoms with Crippen LogP contribution in [0.5, 0.6) is 5.75 Å². The third-order valence-corrected chi connectivity index (χ3v) is 24.1. The number of hydrogen-bond donors (Lipinski definition) is 20. The average molecular weight is 1850 g/mol. The molecule has 5 heterocycles. The van der Waals surface area contributed by atoms with E-state index in [1.807, 2.05) is 0 Å². The molecule has 3 aliphatic rings. The Morgan fingerprint density at radius 3 is 1.55 bits per heavy atom. The van der Waals surface area contributed by atoms with Gasteiger partial charge in [0.1, 0.15) is 90.3 Å². The number of benzene rings is 3. The fourth-order valence-corrected chi connectivity index (χ4v) is 16.6. The molecule has 45 heteroatoms. The smallest absolute Gasteiger partial charge is 0.305 e. The number of carbonyl (C=O) groups excluding carboxylic acids is 16. The molecule has 0 saturated carbocycles. The van der Waals surface area contributed by atoms with Gasteiger partial charge in [0.25, 0.3) is 0 Å². The normalized spacial score (nSPS) is 25.1. The van der Waals surface area contributed by atoms with Crippen molar-refractivity contribution in [1.82, 2.24) is 87.6 Å². The number of likely N-dealkylation sites (N-methyl/N-ethyl adjacent to an activating group) is 3. The van der Waals surface area contributed by atoms with E-state index >= 15 is 28.8 Å². The number of rotatable bonds is 25. The number of carboxylic acids is 3. The van der Waals surface area contributed by atoms with Crippen molar-refractivity contribution in [1.29, 1.82) is 0 Å². The van der Waals surface area contributed by atoms with Crippen LogP contribution in [0.25, 0.3) is 21.8 Å². The second kappa shape index (κ2) is 48.9. The topological polar surface area (TPSA) is 660 Å². The number of unbranched alkanes of at least 4 members (excludes halogenated alkanes) is 2. The maximum absolute atomic E-state index is 15.6. The summed E-state index contributed by atoms with van der Waals surface area (Å²) in [5, 5.41) is 99.0. The van der Waals surface area contributed by atoms with Crippen molar-refractivity contribution in [2.24, 2.45) is 5.73 Å². The summed E-state index contributed by atoms with van der Waals surface area (Å²) in [4.78, 5) is 282. The summed E-state index contributed by atoms with van der Waals surface area (Å²) in [7, 11) is 3.67. The minimum Gasteiger partial charge on any atom is -0.508 e. The van der Waals surface area contributed by atoms with Crippen LogP contribution in [0.3, 0.4) is 0 Å². The molecule has 5 aromatic rings. The Balaban J connectivity index is 1.19. The molecule has 8 rings (SSSR count). The number of amides is 16. The van der Waals surface area contributed by atoms with Crippen molar-refractivity contribution in [2.45, 2.75) is 221 Å². The molecular formula is C86H116N18O26S. The molecule has 3 aromatic carbocycles. The summed E-state index contributed by atoms with van der Waals surface area (Å²) in [5.41, 5.74) is 7.73. The lowest BCUT2D eigenvalue weighted by atomic mass is 10.00. The van der Waals surface area contributed by atoms with E-state index in [1.165, 1.54) is 51.5 Å². The number of aliphatic carboxylic acids is 3. The fraction of sp³-hybridized carbons (Fsp3) is 0.523. The number of nitrogens with zero attached hydrogens (tertiary/aromatic N) is 5. The number of aliphatic hydroxyl groups excluding tert-OH is 3. The molecule has 3 saturated heterocycles. The number of phenols is 1. The van der Waals surface area contributed by atoms with E-state index < -0.39 is 286 Å². The van der Waals surface area contributed by atoms with E-state index in [0.29, 0.717) is 63.1 Å². The number of carbonyl (C=O) groups is 19. The first-order valence-electron chi connectivity index (χ1n) is 43.0. The van der Waals surface area contributed by atoms with Gasteiger partial charge >= 0.3 is 17.9 Å². The number of H-pyrrole nitrogens is 2. The SMILES string of the molecule is CCCC[C@H]1C(=O)N(C)[C@@H](CCCC)C(=O)N[C@@H](CCC(=O)O)C(=O)N[C@H](C(=O)NCC(N)=O)CSCC(=O)N[C@@H](Cc2ccc(O)cc2)C(=O)N(C)[C@@H](C)C(=O)N[C@@H](CC(=O)O)C(=O)N2CCC[C@H]2C(=O)N[C@@H](CO)C(=O)N[C@@H](CCC(=O)O)C(=O)N2C[C@H](O)C[C@H]2C(=O)N[C@@H](Cc2c[nH]c3ccccc23)C(=O)N[C@@H](CO)C(=O)N[C@@H](Cc2c[nH]c3ccccc23)C(=O)N1C. The standard InChI is InChI=1S/C86H116N18O26S/c1-7-9-20-64-79(123)92-55(27-29-70(111)112)75(119)99-63(74(118)90-39-68(87)109)43-131-44-69(110)91-58(32-46-23-25-49(107)26-24-46)82(126)100(4)45(3)73(117)95-60(36-72(115)116)85(129)103-31-15-22-65(103)80(124)98-62(42-106)77(121)93-56(28-30-71(113)114)84(128)104-40-50(108)35-67(104)81(125)94-57(33-47-37-88-53-18-13-11-16-51(47)53)76(120)97-61(41-105)78(122)96-59(34-48-38-89-54-19-14-12-17-52(48)54)83(127)102(6)66(21-10-8-2)86(130)101(64)5/h11-14,16-19,23-26,37-38,45,50,55-67,88-89,105-108H,7-10,15,20-22,27-36,39-44H2,1-6H3,(H2,87,109)(H,90,118)(H,91,110)(H,92,123)(H,93,121)(H,94,125)(H,95,117)(H,96,122)(H,97,120)(H,98,124)(H,99,119)(H,111,112)(H,113,114)(H,115,116)/t45-,50+,55-,56-,57-,58-,59-,60-,61-,62-,63-,64-,65-,66-,67-/m0/s1. The van der Waals surface area contributed by atoms with E-state index in [9.17, 15) is 98.1 Å². The van der Waals surface area contributed by atoms with Gasteiger partial charge in [0.15, 0.2) is 0 Å². The van der Waals surface area contributed by atoms with Gasteiger partial charge in [-0.25, -0.2) is 0 Å². The summed E-state index contributed by atoms with van der Waals surface area (Å²) in [6.07, 6.45) is -2.99. The highest BCUT2D eigenvalue weighted by Crippen LogP contribution is 2.28. The second-order valence-corrected chi connectivity index (χ2v) is 33.6. The predicted molar refractivity (Wildman–Crippen MR) is 468 cm³/mol. The Hall–Kier alpha value is -13.3. The van der Waals surface area contributed by atoms with Crippen LogP contribution in [0.15, 0.2) is 85.2 Å². The number of aromatic hydroxyl groups is 1. The van der Waals surface area contributed by atoms with Crippen molar-refractivity contribution in [3.8, 4) is 5.75 Å². The molecule has 0 radical (unpaired) electrons. The molecule has 3 aliphatic heterocycles. The number of aromatic amines is 2. The van der Waals surface area contributed by atoms with Crippen molar-refractivity contribution in [3.05, 3.63) is 102 Å².